The first-order valence-corrected chi connectivity index (χ1v) is 13.1. The lowest BCUT2D eigenvalue weighted by atomic mass is 10.2. The van der Waals surface area contributed by atoms with Gasteiger partial charge in [-0.1, -0.05) is 17.7 Å². The number of thioether (sulfide) groups is 1. The van der Waals surface area contributed by atoms with Crippen molar-refractivity contribution in [3.05, 3.63) is 72.2 Å². The minimum atomic E-state index is -4.07. The second-order valence-electron chi connectivity index (χ2n) is 7.34. The molecule has 0 aliphatic rings. The Hall–Kier alpha value is -3.11. The van der Waals surface area contributed by atoms with Crippen LogP contribution in [0.4, 0.5) is 5.69 Å². The van der Waals surface area contributed by atoms with E-state index in [1.54, 1.807) is 42.3 Å². The fourth-order valence-corrected chi connectivity index (χ4v) is 5.32. The number of anilines is 1. The van der Waals surface area contributed by atoms with E-state index >= 15 is 0 Å². The second-order valence-corrected chi connectivity index (χ2v) is 10.3. The average Bonchev–Trinajstić information content (AvgIpc) is 3.35. The third-order valence-electron chi connectivity index (χ3n) is 4.94. The molecule has 0 saturated heterocycles. The van der Waals surface area contributed by atoms with Crippen molar-refractivity contribution in [1.29, 1.82) is 0 Å². The van der Waals surface area contributed by atoms with Gasteiger partial charge in [0, 0.05) is 18.4 Å². The Morgan fingerprint density at radius 1 is 1.09 bits per heavy atom. The average molecular weight is 505 g/mol. The number of ether oxygens (including phenoxy) is 2. The van der Waals surface area contributed by atoms with E-state index in [1.165, 1.54) is 32.4 Å². The molecule has 1 heterocycles. The van der Waals surface area contributed by atoms with Crippen LogP contribution in [0.15, 0.2) is 70.2 Å². The van der Waals surface area contributed by atoms with Gasteiger partial charge >= 0.3 is 0 Å². The maximum Gasteiger partial charge on any atom is 0.264 e. The summed E-state index contributed by atoms with van der Waals surface area (Å²) in [6.07, 6.45) is 1.62. The fourth-order valence-electron chi connectivity index (χ4n) is 3.15. The van der Waals surface area contributed by atoms with Crippen LogP contribution in [0.3, 0.4) is 0 Å². The molecular formula is C24H28N2O6S2. The number of methoxy groups -OCH3 is 2. The Balaban J connectivity index is 1.79. The van der Waals surface area contributed by atoms with Crippen LogP contribution in [0.5, 0.6) is 11.5 Å². The van der Waals surface area contributed by atoms with E-state index in [0.29, 0.717) is 29.5 Å². The molecule has 0 atom stereocenters. The zero-order valence-corrected chi connectivity index (χ0v) is 20.9. The van der Waals surface area contributed by atoms with Crippen LogP contribution in [0, 0.1) is 6.92 Å². The minimum Gasteiger partial charge on any atom is -0.497 e. The van der Waals surface area contributed by atoms with Crippen molar-refractivity contribution in [2.75, 3.05) is 37.4 Å². The Labute approximate surface area is 204 Å². The molecule has 10 heteroatoms. The van der Waals surface area contributed by atoms with Gasteiger partial charge in [0.25, 0.3) is 10.0 Å². The molecule has 0 radical (unpaired) electrons. The van der Waals surface area contributed by atoms with Crippen molar-refractivity contribution < 1.29 is 27.1 Å². The highest BCUT2D eigenvalue weighted by Gasteiger charge is 2.30. The second kappa shape index (κ2) is 11.8. The summed E-state index contributed by atoms with van der Waals surface area (Å²) in [6, 6.07) is 15.0. The number of rotatable bonds is 12. The monoisotopic (exact) mass is 504 g/mol. The van der Waals surface area contributed by atoms with Crippen molar-refractivity contribution in [2.45, 2.75) is 17.6 Å². The highest BCUT2D eigenvalue weighted by Crippen LogP contribution is 2.35. The molecule has 0 bridgehead atoms. The molecule has 0 saturated carbocycles. The lowest BCUT2D eigenvalue weighted by Crippen LogP contribution is -2.41. The molecule has 0 aliphatic carbocycles. The van der Waals surface area contributed by atoms with Gasteiger partial charge < -0.3 is 19.2 Å². The topological polar surface area (TPSA) is 98.1 Å². The summed E-state index contributed by atoms with van der Waals surface area (Å²) in [4.78, 5) is 12.9. The molecule has 3 rings (SSSR count). The normalized spacial score (nSPS) is 11.1. The van der Waals surface area contributed by atoms with Gasteiger partial charge in [-0.05, 0) is 43.3 Å². The molecular weight excluding hydrogens is 476 g/mol. The van der Waals surface area contributed by atoms with E-state index in [9.17, 15) is 13.2 Å². The Morgan fingerprint density at radius 2 is 1.85 bits per heavy atom. The summed E-state index contributed by atoms with van der Waals surface area (Å²) in [6.45, 7) is 1.84. The quantitative estimate of drug-likeness (QED) is 0.374. The number of carbonyl (C=O) groups excluding carboxylic acids is 1. The zero-order valence-electron chi connectivity index (χ0n) is 19.3. The molecule has 0 unspecified atom stereocenters. The van der Waals surface area contributed by atoms with Gasteiger partial charge in [-0.2, -0.15) is 11.8 Å². The van der Waals surface area contributed by atoms with Crippen LogP contribution in [-0.4, -0.2) is 47.4 Å². The maximum absolute atomic E-state index is 13.6. The highest BCUT2D eigenvalue weighted by atomic mass is 32.2. The molecule has 3 aromatic rings. The molecule has 0 aliphatic heterocycles. The predicted octanol–water partition coefficient (Wildman–Crippen LogP) is 3.85. The van der Waals surface area contributed by atoms with E-state index in [2.05, 4.69) is 5.32 Å². The number of hydrogen-bond acceptors (Lipinski definition) is 7. The number of hydrogen-bond donors (Lipinski definition) is 1. The van der Waals surface area contributed by atoms with Crippen LogP contribution in [0.2, 0.25) is 0 Å². The third kappa shape index (κ3) is 6.48. The standard InChI is InChI=1S/C24H28N2O6S2/c1-18-6-9-21(10-7-18)34(28,29)26(22-15-19(30-2)8-11-23(22)31-3)16-24(27)25-12-14-33-17-20-5-4-13-32-20/h4-11,13,15H,12,14,16-17H2,1-3H3,(H,25,27). The number of furan rings is 1. The molecule has 1 amide bonds. The number of sulfonamides is 1. The van der Waals surface area contributed by atoms with Crippen LogP contribution in [0.25, 0.3) is 0 Å². The highest BCUT2D eigenvalue weighted by molar-refractivity contribution is 7.98. The third-order valence-corrected chi connectivity index (χ3v) is 7.70. The van der Waals surface area contributed by atoms with Crippen molar-refractivity contribution in [3.8, 4) is 11.5 Å². The van der Waals surface area contributed by atoms with E-state index in [0.717, 1.165) is 15.6 Å². The van der Waals surface area contributed by atoms with Crippen LogP contribution < -0.4 is 19.1 Å². The number of nitrogens with zero attached hydrogens (tertiary/aromatic N) is 1. The van der Waals surface area contributed by atoms with Crippen molar-refractivity contribution >= 4 is 33.4 Å². The summed E-state index contributed by atoms with van der Waals surface area (Å²) in [5, 5.41) is 2.79. The minimum absolute atomic E-state index is 0.0739. The van der Waals surface area contributed by atoms with E-state index in [-0.39, 0.29) is 10.6 Å². The van der Waals surface area contributed by atoms with Gasteiger partial charge in [-0.25, -0.2) is 8.42 Å². The summed E-state index contributed by atoms with van der Waals surface area (Å²) >= 11 is 1.61. The first-order chi connectivity index (χ1) is 16.3. The number of nitrogens with one attached hydrogen (secondary N) is 1. The lowest BCUT2D eigenvalue weighted by Gasteiger charge is -2.26. The molecule has 1 N–H and O–H groups in total. The van der Waals surface area contributed by atoms with E-state index < -0.39 is 22.5 Å². The SMILES string of the molecule is COc1ccc(OC)c(N(CC(=O)NCCSCc2ccco2)S(=O)(=O)c2ccc(C)cc2)c1. The maximum atomic E-state index is 13.6. The fraction of sp³-hybridized carbons (Fsp3) is 0.292. The largest absolute Gasteiger partial charge is 0.497 e. The molecule has 0 spiro atoms. The van der Waals surface area contributed by atoms with Gasteiger partial charge in [0.05, 0.1) is 36.8 Å². The first-order valence-electron chi connectivity index (χ1n) is 10.5. The van der Waals surface area contributed by atoms with Gasteiger partial charge in [0.15, 0.2) is 0 Å². The summed E-state index contributed by atoms with van der Waals surface area (Å²) in [7, 11) is -1.14. The molecule has 34 heavy (non-hydrogen) atoms. The number of amides is 1. The molecule has 8 nitrogen and oxygen atoms in total. The summed E-state index contributed by atoms with van der Waals surface area (Å²) in [5.74, 6) is 2.51. The Kier molecular flexibility index (Phi) is 8.89. The van der Waals surface area contributed by atoms with E-state index in [4.69, 9.17) is 13.9 Å². The summed E-state index contributed by atoms with van der Waals surface area (Å²) < 4.78 is 44.2. The van der Waals surface area contributed by atoms with Crippen molar-refractivity contribution in [2.24, 2.45) is 0 Å². The number of benzene rings is 2. The molecule has 0 fully saturated rings. The van der Waals surface area contributed by atoms with Gasteiger partial charge in [-0.15, -0.1) is 0 Å². The van der Waals surface area contributed by atoms with Crippen molar-refractivity contribution in [1.82, 2.24) is 5.32 Å². The first kappa shape index (κ1) is 25.5. The Bertz CT molecular complexity index is 1180. The molecule has 1 aromatic heterocycles. The lowest BCUT2D eigenvalue weighted by molar-refractivity contribution is -0.119. The van der Waals surface area contributed by atoms with Gasteiger partial charge in [-0.3, -0.25) is 9.10 Å². The molecule has 2 aromatic carbocycles. The van der Waals surface area contributed by atoms with E-state index in [1.807, 2.05) is 19.1 Å². The smallest absolute Gasteiger partial charge is 0.264 e. The van der Waals surface area contributed by atoms with Gasteiger partial charge in [0.1, 0.15) is 23.8 Å². The zero-order chi connectivity index (χ0) is 24.6. The summed E-state index contributed by atoms with van der Waals surface area (Å²) in [5.41, 5.74) is 1.14. The molecule has 182 valence electrons. The number of aryl methyl sites for hydroxylation is 1. The van der Waals surface area contributed by atoms with Crippen LogP contribution in [0.1, 0.15) is 11.3 Å². The van der Waals surface area contributed by atoms with Crippen molar-refractivity contribution in [3.63, 3.8) is 0 Å². The Morgan fingerprint density at radius 3 is 2.50 bits per heavy atom. The predicted molar refractivity (Wildman–Crippen MR) is 133 cm³/mol. The van der Waals surface area contributed by atoms with Gasteiger partial charge in [0.2, 0.25) is 5.91 Å². The van der Waals surface area contributed by atoms with Crippen LogP contribution >= 0.6 is 11.8 Å². The van der Waals surface area contributed by atoms with Crippen LogP contribution in [-0.2, 0) is 20.6 Å². The number of carbonyl (C=O) groups is 1.